The lowest BCUT2D eigenvalue weighted by atomic mass is 9.85. The van der Waals surface area contributed by atoms with Gasteiger partial charge in [-0.05, 0) is 40.8 Å². The molecular weight excluding hydrogens is 312 g/mol. The van der Waals surface area contributed by atoms with Crippen molar-refractivity contribution in [1.82, 2.24) is 4.90 Å². The van der Waals surface area contributed by atoms with E-state index in [1.165, 1.54) is 18.6 Å². The average Bonchev–Trinajstić information content (AvgIpc) is 2.33. The van der Waals surface area contributed by atoms with Crippen LogP contribution < -0.4 is 0 Å². The van der Waals surface area contributed by atoms with E-state index in [-0.39, 0.29) is 11.6 Å². The summed E-state index contributed by atoms with van der Waals surface area (Å²) in [5, 5.41) is 10.8. The van der Waals surface area contributed by atoms with Crippen molar-refractivity contribution in [3.05, 3.63) is 38.3 Å². The molecule has 0 N–H and O–H groups in total. The molecule has 1 aliphatic carbocycles. The Kier molecular flexibility index (Phi) is 4.19. The van der Waals surface area contributed by atoms with Crippen LogP contribution in [0.3, 0.4) is 0 Å². The minimum atomic E-state index is -0.491. The van der Waals surface area contributed by atoms with Crippen LogP contribution in [0.1, 0.15) is 29.6 Å². The summed E-state index contributed by atoms with van der Waals surface area (Å²) >= 11 is 3.28. The Morgan fingerprint density at radius 3 is 2.74 bits per heavy atom. The van der Waals surface area contributed by atoms with Crippen molar-refractivity contribution in [1.29, 1.82) is 0 Å². The second kappa shape index (κ2) is 5.69. The van der Waals surface area contributed by atoms with Crippen LogP contribution in [0.5, 0.6) is 0 Å². The highest BCUT2D eigenvalue weighted by molar-refractivity contribution is 9.10. The van der Waals surface area contributed by atoms with E-state index < -0.39 is 4.92 Å². The predicted octanol–water partition coefficient (Wildman–Crippen LogP) is 3.23. The zero-order valence-electron chi connectivity index (χ0n) is 10.6. The number of nitrogens with zero attached hydrogens (tertiary/aromatic N) is 2. The van der Waals surface area contributed by atoms with Crippen LogP contribution in [0.4, 0.5) is 5.69 Å². The maximum atomic E-state index is 12.3. The Morgan fingerprint density at radius 1 is 1.53 bits per heavy atom. The maximum absolute atomic E-state index is 12.3. The van der Waals surface area contributed by atoms with Crippen LogP contribution >= 0.6 is 15.9 Å². The summed E-state index contributed by atoms with van der Waals surface area (Å²) in [6, 6.07) is 4.25. The number of hydrogen-bond donors (Lipinski definition) is 0. The summed E-state index contributed by atoms with van der Waals surface area (Å²) in [5.74, 6) is 0.397. The molecule has 0 radical (unpaired) electrons. The van der Waals surface area contributed by atoms with E-state index in [9.17, 15) is 14.9 Å². The van der Waals surface area contributed by atoms with E-state index in [4.69, 9.17) is 0 Å². The SMILES string of the molecule is CN(CC1CCC1)C(=O)c1cc([N+](=O)[O-])ccc1Br. The fourth-order valence-corrected chi connectivity index (χ4v) is 2.56. The molecule has 6 heteroatoms. The van der Waals surface area contributed by atoms with Crippen LogP contribution in [0, 0.1) is 16.0 Å². The largest absolute Gasteiger partial charge is 0.341 e. The fourth-order valence-electron chi connectivity index (χ4n) is 2.14. The highest BCUT2D eigenvalue weighted by atomic mass is 79.9. The number of nitro benzene ring substituents is 1. The van der Waals surface area contributed by atoms with Gasteiger partial charge in [0.05, 0.1) is 10.5 Å². The molecule has 1 aromatic rings. The first-order valence-corrected chi connectivity index (χ1v) is 6.97. The van der Waals surface area contributed by atoms with E-state index in [0.29, 0.717) is 22.5 Å². The number of non-ortho nitro benzene ring substituents is 1. The van der Waals surface area contributed by atoms with Crippen molar-refractivity contribution in [2.45, 2.75) is 19.3 Å². The van der Waals surface area contributed by atoms with E-state index >= 15 is 0 Å². The van der Waals surface area contributed by atoms with E-state index in [1.807, 2.05) is 0 Å². The summed E-state index contributed by atoms with van der Waals surface area (Å²) in [4.78, 5) is 24.2. The molecule has 1 fully saturated rings. The molecule has 1 saturated carbocycles. The summed E-state index contributed by atoms with van der Waals surface area (Å²) in [6.07, 6.45) is 3.55. The van der Waals surface area contributed by atoms with Crippen molar-refractivity contribution in [3.8, 4) is 0 Å². The summed E-state index contributed by atoms with van der Waals surface area (Å²) in [7, 11) is 1.74. The molecule has 0 aromatic heterocycles. The number of amides is 1. The molecule has 0 bridgehead atoms. The number of hydrogen-bond acceptors (Lipinski definition) is 3. The van der Waals surface area contributed by atoms with Crippen LogP contribution in [-0.2, 0) is 0 Å². The molecule has 0 aliphatic heterocycles. The summed E-state index contributed by atoms with van der Waals surface area (Å²) in [6.45, 7) is 0.716. The number of rotatable bonds is 4. The van der Waals surface area contributed by atoms with Crippen LogP contribution in [0.2, 0.25) is 0 Å². The molecule has 1 aromatic carbocycles. The molecule has 0 saturated heterocycles. The fraction of sp³-hybridized carbons (Fsp3) is 0.462. The Balaban J connectivity index is 2.16. The zero-order chi connectivity index (χ0) is 14.0. The molecule has 5 nitrogen and oxygen atoms in total. The molecular formula is C13H15BrN2O3. The van der Waals surface area contributed by atoms with Crippen molar-refractivity contribution in [3.63, 3.8) is 0 Å². The van der Waals surface area contributed by atoms with Gasteiger partial charge in [0.2, 0.25) is 0 Å². The van der Waals surface area contributed by atoms with Gasteiger partial charge in [0.15, 0.2) is 0 Å². The standard InChI is InChI=1S/C13H15BrN2O3/c1-15(8-9-3-2-4-9)13(17)11-7-10(16(18)19)5-6-12(11)14/h5-7,9H,2-4,8H2,1H3. The van der Waals surface area contributed by atoms with Gasteiger partial charge >= 0.3 is 0 Å². The lowest BCUT2D eigenvalue weighted by molar-refractivity contribution is -0.384. The minimum Gasteiger partial charge on any atom is -0.341 e. The Bertz CT molecular complexity index is 515. The third-order valence-electron chi connectivity index (χ3n) is 3.49. The van der Waals surface area contributed by atoms with Gasteiger partial charge in [-0.2, -0.15) is 0 Å². The molecule has 1 amide bonds. The summed E-state index contributed by atoms with van der Waals surface area (Å²) in [5.41, 5.74) is 0.277. The van der Waals surface area contributed by atoms with Gasteiger partial charge in [0.25, 0.3) is 11.6 Å². The molecule has 0 atom stereocenters. The first-order valence-electron chi connectivity index (χ1n) is 6.18. The monoisotopic (exact) mass is 326 g/mol. The first-order chi connectivity index (χ1) is 8.99. The Morgan fingerprint density at radius 2 is 2.21 bits per heavy atom. The van der Waals surface area contributed by atoms with Crippen LogP contribution in [0.25, 0.3) is 0 Å². The Hall–Kier alpha value is -1.43. The molecule has 19 heavy (non-hydrogen) atoms. The van der Waals surface area contributed by atoms with E-state index in [0.717, 1.165) is 12.8 Å². The maximum Gasteiger partial charge on any atom is 0.270 e. The minimum absolute atomic E-state index is 0.0661. The first kappa shape index (κ1) is 14.0. The smallest absolute Gasteiger partial charge is 0.270 e. The van der Waals surface area contributed by atoms with Gasteiger partial charge in [-0.1, -0.05) is 6.42 Å². The van der Waals surface area contributed by atoms with Gasteiger partial charge in [-0.25, -0.2) is 0 Å². The third kappa shape index (κ3) is 3.12. The zero-order valence-corrected chi connectivity index (χ0v) is 12.2. The van der Waals surface area contributed by atoms with Gasteiger partial charge < -0.3 is 4.90 Å². The lowest BCUT2D eigenvalue weighted by Crippen LogP contribution is -2.34. The van der Waals surface area contributed by atoms with Crippen molar-refractivity contribution < 1.29 is 9.72 Å². The second-order valence-electron chi connectivity index (χ2n) is 4.90. The van der Waals surface area contributed by atoms with Crippen molar-refractivity contribution in [2.24, 2.45) is 5.92 Å². The van der Waals surface area contributed by atoms with Crippen molar-refractivity contribution >= 4 is 27.5 Å². The van der Waals surface area contributed by atoms with Crippen LogP contribution in [0.15, 0.2) is 22.7 Å². The molecule has 0 unspecified atom stereocenters. The van der Waals surface area contributed by atoms with E-state index in [1.54, 1.807) is 18.0 Å². The van der Waals surface area contributed by atoms with Gasteiger partial charge in [0, 0.05) is 30.2 Å². The number of halogens is 1. The third-order valence-corrected chi connectivity index (χ3v) is 4.19. The topological polar surface area (TPSA) is 63.5 Å². The van der Waals surface area contributed by atoms with E-state index in [2.05, 4.69) is 15.9 Å². The number of carbonyl (C=O) groups is 1. The number of carbonyl (C=O) groups excluding carboxylic acids is 1. The lowest BCUT2D eigenvalue weighted by Gasteiger charge is -2.30. The quantitative estimate of drug-likeness (QED) is 0.630. The molecule has 102 valence electrons. The predicted molar refractivity (Wildman–Crippen MR) is 75.1 cm³/mol. The molecule has 0 spiro atoms. The Labute approximate surface area is 119 Å². The molecule has 0 heterocycles. The highest BCUT2D eigenvalue weighted by Gasteiger charge is 2.24. The normalized spacial score (nSPS) is 14.8. The second-order valence-corrected chi connectivity index (χ2v) is 5.76. The van der Waals surface area contributed by atoms with Gasteiger partial charge in [-0.15, -0.1) is 0 Å². The van der Waals surface area contributed by atoms with Gasteiger partial charge in [0.1, 0.15) is 0 Å². The number of nitro groups is 1. The highest BCUT2D eigenvalue weighted by Crippen LogP contribution is 2.28. The van der Waals surface area contributed by atoms with Gasteiger partial charge in [-0.3, -0.25) is 14.9 Å². The van der Waals surface area contributed by atoms with Crippen molar-refractivity contribution in [2.75, 3.05) is 13.6 Å². The molecule has 1 aliphatic rings. The number of benzene rings is 1. The summed E-state index contributed by atoms with van der Waals surface area (Å²) < 4.78 is 0.587. The van der Waals surface area contributed by atoms with Crippen LogP contribution in [-0.4, -0.2) is 29.3 Å². The molecule has 2 rings (SSSR count). The average molecular weight is 327 g/mol.